The van der Waals surface area contributed by atoms with Gasteiger partial charge in [0, 0.05) is 44.0 Å². The van der Waals surface area contributed by atoms with Crippen LogP contribution in [0.5, 0.6) is 0 Å². The Morgan fingerprint density at radius 3 is 2.22 bits per heavy atom. The van der Waals surface area contributed by atoms with Gasteiger partial charge in [-0.2, -0.15) is 0 Å². The van der Waals surface area contributed by atoms with Gasteiger partial charge in [0.2, 0.25) is 11.8 Å². The summed E-state index contributed by atoms with van der Waals surface area (Å²) >= 11 is 0. The van der Waals surface area contributed by atoms with Crippen LogP contribution in [0.4, 0.5) is 0 Å². The van der Waals surface area contributed by atoms with Crippen molar-refractivity contribution in [1.29, 1.82) is 0 Å². The molecule has 4 N–H and O–H groups in total. The van der Waals surface area contributed by atoms with Crippen LogP contribution in [0.15, 0.2) is 115 Å². The number of benzene rings is 5. The Morgan fingerprint density at radius 2 is 1.48 bits per heavy atom. The summed E-state index contributed by atoms with van der Waals surface area (Å²) in [4.78, 5) is 26.1. The number of nitrogens with one attached hydrogen (secondary N) is 2. The molecule has 5 aromatic carbocycles. The molecule has 9 nitrogen and oxygen atoms in total. The van der Waals surface area contributed by atoms with Crippen molar-refractivity contribution >= 4 is 22.6 Å². The molecule has 0 radical (unpaired) electrons. The molecule has 9 heteroatoms. The lowest BCUT2D eigenvalue weighted by Gasteiger charge is -2.39. The summed E-state index contributed by atoms with van der Waals surface area (Å²) in [6, 6.07) is 39.6. The number of amides is 2. The number of aliphatic hydroxyl groups is 1. The third-order valence-corrected chi connectivity index (χ3v) is 10.4. The standard InChI is InChI=1S/C45H51N3O6/c1-31(37-25-20-33-10-6-7-11-38(33)26-37)48(2)29-40-27-42(35-18-16-32(30-49)17-19-35)54-45(53-40)36-23-21-34(22-24-36)41-13-9-8-12-39(41)28-46-43(50)14-4-3-5-15-44(51)47-52/h6-13,16-26,31,40,42,45,49,52H,3-5,14-15,27-30H2,1-2H3,(H,46,50)(H,47,51). The number of ether oxygens (including phenoxy) is 2. The molecule has 282 valence electrons. The first-order valence-corrected chi connectivity index (χ1v) is 18.9. The third kappa shape index (κ3) is 10.2. The number of unbranched alkanes of at least 4 members (excludes halogenated alkanes) is 2. The molecule has 54 heavy (non-hydrogen) atoms. The van der Waals surface area contributed by atoms with Gasteiger partial charge in [-0.05, 0) is 77.0 Å². The first kappa shape index (κ1) is 38.8. The van der Waals surface area contributed by atoms with Crippen LogP contribution in [-0.2, 0) is 32.2 Å². The van der Waals surface area contributed by atoms with E-state index in [0.717, 1.165) is 46.3 Å². The number of carbonyl (C=O) groups is 2. The molecule has 0 aromatic heterocycles. The number of carbonyl (C=O) groups excluding carboxylic acids is 2. The molecule has 1 fully saturated rings. The molecule has 0 saturated carbocycles. The lowest BCUT2D eigenvalue weighted by Crippen LogP contribution is -2.38. The number of hydrogen-bond acceptors (Lipinski definition) is 7. The van der Waals surface area contributed by atoms with Crippen LogP contribution >= 0.6 is 0 Å². The van der Waals surface area contributed by atoms with E-state index in [9.17, 15) is 14.7 Å². The minimum Gasteiger partial charge on any atom is -0.392 e. The van der Waals surface area contributed by atoms with Crippen molar-refractivity contribution in [2.45, 2.75) is 83.1 Å². The van der Waals surface area contributed by atoms with E-state index in [0.29, 0.717) is 32.2 Å². The van der Waals surface area contributed by atoms with Crippen LogP contribution in [-0.4, -0.2) is 46.7 Å². The van der Waals surface area contributed by atoms with Gasteiger partial charge in [0.1, 0.15) is 0 Å². The summed E-state index contributed by atoms with van der Waals surface area (Å²) in [5.74, 6) is -0.446. The third-order valence-electron chi connectivity index (χ3n) is 10.4. The highest BCUT2D eigenvalue weighted by Gasteiger charge is 2.33. The fourth-order valence-corrected chi connectivity index (χ4v) is 7.10. The first-order valence-electron chi connectivity index (χ1n) is 18.9. The summed E-state index contributed by atoms with van der Waals surface area (Å²) in [7, 11) is 2.15. The topological polar surface area (TPSA) is 120 Å². The maximum absolute atomic E-state index is 12.6. The number of nitrogens with zero attached hydrogens (tertiary/aromatic N) is 1. The number of hydrogen-bond donors (Lipinski definition) is 4. The zero-order valence-electron chi connectivity index (χ0n) is 31.1. The number of hydroxylamine groups is 1. The van der Waals surface area contributed by atoms with E-state index in [4.69, 9.17) is 14.7 Å². The van der Waals surface area contributed by atoms with E-state index in [-0.39, 0.29) is 37.2 Å². The van der Waals surface area contributed by atoms with Gasteiger partial charge in [-0.25, -0.2) is 5.48 Å². The van der Waals surface area contributed by atoms with Crippen molar-refractivity contribution in [2.24, 2.45) is 0 Å². The minimum absolute atomic E-state index is 0.00544. The van der Waals surface area contributed by atoms with E-state index in [1.165, 1.54) is 16.3 Å². The molecule has 1 heterocycles. The Labute approximate surface area is 317 Å². The van der Waals surface area contributed by atoms with Crippen molar-refractivity contribution in [3.05, 3.63) is 143 Å². The zero-order chi connectivity index (χ0) is 37.9. The van der Waals surface area contributed by atoms with Crippen LogP contribution in [0.25, 0.3) is 21.9 Å². The van der Waals surface area contributed by atoms with Gasteiger partial charge in [-0.3, -0.25) is 19.7 Å². The molecule has 4 atom stereocenters. The molecule has 2 amide bonds. The van der Waals surface area contributed by atoms with Crippen LogP contribution < -0.4 is 10.8 Å². The smallest absolute Gasteiger partial charge is 0.243 e. The summed E-state index contributed by atoms with van der Waals surface area (Å²) in [5, 5.41) is 23.8. The molecular weight excluding hydrogens is 679 g/mol. The SMILES string of the molecule is CC(c1ccc2ccccc2c1)N(C)CC1CC(c2ccc(CO)cc2)OC(c2ccc(-c3ccccc3CNC(=O)CCCCCC(=O)NO)cc2)O1. The van der Waals surface area contributed by atoms with E-state index in [2.05, 4.69) is 97.0 Å². The number of aliphatic hydroxyl groups excluding tert-OH is 1. The van der Waals surface area contributed by atoms with Crippen molar-refractivity contribution in [1.82, 2.24) is 15.7 Å². The molecule has 1 aliphatic heterocycles. The average molecular weight is 730 g/mol. The molecule has 1 saturated heterocycles. The molecule has 6 rings (SSSR count). The second-order valence-electron chi connectivity index (χ2n) is 14.2. The van der Waals surface area contributed by atoms with Gasteiger partial charge in [-0.1, -0.05) is 116 Å². The monoisotopic (exact) mass is 729 g/mol. The number of likely N-dealkylation sites (N-methyl/N-ethyl adjacent to an activating group) is 1. The number of rotatable bonds is 16. The van der Waals surface area contributed by atoms with Gasteiger partial charge in [-0.15, -0.1) is 0 Å². The molecule has 1 aliphatic rings. The van der Waals surface area contributed by atoms with E-state index >= 15 is 0 Å². The van der Waals surface area contributed by atoms with Crippen LogP contribution in [0, 0.1) is 0 Å². The largest absolute Gasteiger partial charge is 0.392 e. The summed E-state index contributed by atoms with van der Waals surface area (Å²) in [6.45, 7) is 3.35. The molecule has 5 aromatic rings. The molecular formula is C45H51N3O6. The minimum atomic E-state index is -0.572. The van der Waals surface area contributed by atoms with Crippen molar-refractivity contribution < 1.29 is 29.4 Å². The highest BCUT2D eigenvalue weighted by Crippen LogP contribution is 2.39. The Hall–Kier alpha value is -4.90. The average Bonchev–Trinajstić information content (AvgIpc) is 3.22. The van der Waals surface area contributed by atoms with E-state index < -0.39 is 12.2 Å². The zero-order valence-corrected chi connectivity index (χ0v) is 31.1. The predicted molar refractivity (Wildman–Crippen MR) is 210 cm³/mol. The quantitative estimate of drug-likeness (QED) is 0.0458. The highest BCUT2D eigenvalue weighted by molar-refractivity contribution is 5.83. The van der Waals surface area contributed by atoms with Crippen molar-refractivity contribution in [2.75, 3.05) is 13.6 Å². The summed E-state index contributed by atoms with van der Waals surface area (Å²) in [6.07, 6.45) is 2.50. The van der Waals surface area contributed by atoms with Crippen LogP contribution in [0.1, 0.15) is 91.7 Å². The highest BCUT2D eigenvalue weighted by atomic mass is 16.7. The molecule has 0 bridgehead atoms. The maximum atomic E-state index is 12.6. The maximum Gasteiger partial charge on any atom is 0.243 e. The van der Waals surface area contributed by atoms with Crippen LogP contribution in [0.3, 0.4) is 0 Å². The predicted octanol–water partition coefficient (Wildman–Crippen LogP) is 8.31. The van der Waals surface area contributed by atoms with Crippen molar-refractivity contribution in [3.8, 4) is 11.1 Å². The van der Waals surface area contributed by atoms with Gasteiger partial charge >= 0.3 is 0 Å². The summed E-state index contributed by atoms with van der Waals surface area (Å²) in [5.41, 5.74) is 8.80. The molecule has 0 aliphatic carbocycles. The fraction of sp³-hybridized carbons (Fsp3) is 0.333. The van der Waals surface area contributed by atoms with Gasteiger partial charge < -0.3 is 19.9 Å². The van der Waals surface area contributed by atoms with Crippen molar-refractivity contribution in [3.63, 3.8) is 0 Å². The van der Waals surface area contributed by atoms with E-state index in [1.807, 2.05) is 42.5 Å². The lowest BCUT2D eigenvalue weighted by atomic mass is 9.97. The second kappa shape index (κ2) is 18.9. The Bertz CT molecular complexity index is 1980. The van der Waals surface area contributed by atoms with Gasteiger partial charge in [0.15, 0.2) is 6.29 Å². The van der Waals surface area contributed by atoms with E-state index in [1.54, 1.807) is 5.48 Å². The molecule has 0 spiro atoms. The lowest BCUT2D eigenvalue weighted by molar-refractivity contribution is -0.253. The Balaban J connectivity index is 1.13. The summed E-state index contributed by atoms with van der Waals surface area (Å²) < 4.78 is 13.4. The second-order valence-corrected chi connectivity index (χ2v) is 14.2. The fourth-order valence-electron chi connectivity index (χ4n) is 7.10. The van der Waals surface area contributed by atoms with Gasteiger partial charge in [0.05, 0.1) is 18.8 Å². The molecule has 4 unspecified atom stereocenters. The Morgan fingerprint density at radius 1 is 0.796 bits per heavy atom. The van der Waals surface area contributed by atoms with Crippen LogP contribution in [0.2, 0.25) is 0 Å². The number of fused-ring (bicyclic) bond motifs is 1. The normalized spacial score (nSPS) is 17.7. The Kier molecular flexibility index (Phi) is 13.6. The van der Waals surface area contributed by atoms with Gasteiger partial charge in [0.25, 0.3) is 0 Å². The first-order chi connectivity index (χ1) is 26.3.